The number of nitriles is 1. The summed E-state index contributed by atoms with van der Waals surface area (Å²) in [5, 5.41) is 7.87. The van der Waals surface area contributed by atoms with Crippen LogP contribution in [0.5, 0.6) is 0 Å². The molecule has 0 amide bonds. The highest BCUT2D eigenvalue weighted by molar-refractivity contribution is 6.02. The molecule has 0 aromatic carbocycles. The molecule has 3 heteroatoms. The van der Waals surface area contributed by atoms with E-state index in [9.17, 15) is 4.79 Å². The second-order valence-electron chi connectivity index (χ2n) is 1.11. The van der Waals surface area contributed by atoms with E-state index in [1.807, 2.05) is 0 Å². The Kier molecular flexibility index (Phi) is 3.46. The Hall–Kier alpha value is -1.14. The summed E-state index contributed by atoms with van der Waals surface area (Å²) >= 11 is 0. The quantitative estimate of drug-likeness (QED) is 0.388. The van der Waals surface area contributed by atoms with Crippen LogP contribution in [0.2, 0.25) is 0 Å². The van der Waals surface area contributed by atoms with Gasteiger partial charge in [-0.25, -0.2) is 0 Å². The Labute approximate surface area is 47.4 Å². The highest BCUT2D eigenvalue weighted by Crippen LogP contribution is 1.70. The Morgan fingerprint density at radius 2 is 2.50 bits per heavy atom. The lowest BCUT2D eigenvalue weighted by Gasteiger charge is -1.72. The first-order chi connectivity index (χ1) is 3.81. The summed E-state index contributed by atoms with van der Waals surface area (Å²) < 4.78 is 0. The van der Waals surface area contributed by atoms with Gasteiger partial charge in [0.05, 0.1) is 0 Å². The van der Waals surface area contributed by atoms with Crippen LogP contribution in [0.25, 0.3) is 0 Å². The molecule has 0 rings (SSSR count). The maximum atomic E-state index is 10.1. The summed E-state index contributed by atoms with van der Waals surface area (Å²) in [5.41, 5.74) is 4.98. The number of nitrogens with two attached hydrogens (primary N) is 1. The molecule has 0 fully saturated rings. The van der Waals surface area contributed by atoms with Crippen LogP contribution < -0.4 is 5.73 Å². The van der Waals surface area contributed by atoms with Gasteiger partial charge in [0.15, 0.2) is 0 Å². The van der Waals surface area contributed by atoms with Crippen molar-refractivity contribution in [2.75, 3.05) is 6.54 Å². The van der Waals surface area contributed by atoms with Gasteiger partial charge in [-0.15, -0.1) is 0 Å². The number of hydrogen-bond donors (Lipinski definition) is 1. The van der Waals surface area contributed by atoms with Crippen LogP contribution in [0.3, 0.4) is 0 Å². The Morgan fingerprint density at radius 3 is 2.88 bits per heavy atom. The van der Waals surface area contributed by atoms with Crippen molar-refractivity contribution in [1.29, 1.82) is 5.26 Å². The van der Waals surface area contributed by atoms with Crippen molar-refractivity contribution in [1.82, 2.24) is 0 Å². The molecule has 0 heterocycles. The van der Waals surface area contributed by atoms with Gasteiger partial charge in [-0.05, 0) is 6.08 Å². The highest BCUT2D eigenvalue weighted by atomic mass is 16.1. The molecule has 0 radical (unpaired) electrons. The molecule has 2 N–H and O–H groups in total. The number of rotatable bonds is 2. The van der Waals surface area contributed by atoms with Crippen LogP contribution >= 0.6 is 0 Å². The van der Waals surface area contributed by atoms with E-state index >= 15 is 0 Å². The van der Waals surface area contributed by atoms with E-state index in [0.717, 1.165) is 6.08 Å². The molecule has 0 saturated carbocycles. The Bertz CT molecular complexity index is 143. The summed E-state index contributed by atoms with van der Waals surface area (Å²) in [7, 11) is 0. The highest BCUT2D eigenvalue weighted by Gasteiger charge is 1.85. The molecule has 0 unspecified atom stereocenters. The van der Waals surface area contributed by atoms with Crippen molar-refractivity contribution in [3.05, 3.63) is 12.2 Å². The molecular weight excluding hydrogens is 104 g/mol. The van der Waals surface area contributed by atoms with Crippen molar-refractivity contribution in [2.45, 2.75) is 0 Å². The predicted molar refractivity (Wildman–Crippen MR) is 28.8 cm³/mol. The molecule has 0 bridgehead atoms. The third kappa shape index (κ3) is 3.07. The first-order valence-electron chi connectivity index (χ1n) is 2.12. The van der Waals surface area contributed by atoms with E-state index in [0.29, 0.717) is 6.54 Å². The van der Waals surface area contributed by atoms with E-state index in [2.05, 4.69) is 0 Å². The number of ketones is 1. The topological polar surface area (TPSA) is 66.9 Å². The van der Waals surface area contributed by atoms with Gasteiger partial charge in [-0.3, -0.25) is 4.79 Å². The molecule has 0 spiro atoms. The van der Waals surface area contributed by atoms with Crippen LogP contribution in [0, 0.1) is 11.3 Å². The van der Waals surface area contributed by atoms with Gasteiger partial charge in [-0.2, -0.15) is 5.26 Å². The molecule has 42 valence electrons. The maximum absolute atomic E-state index is 10.1. The standard InChI is InChI=1S/C5H6N2O/c6-3-1-2-5(8)4-7/h1-2H,3,6H2/b2-1+. The van der Waals surface area contributed by atoms with Gasteiger partial charge in [0.2, 0.25) is 0 Å². The van der Waals surface area contributed by atoms with Crippen LogP contribution in [-0.2, 0) is 4.79 Å². The van der Waals surface area contributed by atoms with Gasteiger partial charge in [0.25, 0.3) is 5.78 Å². The van der Waals surface area contributed by atoms with Gasteiger partial charge in [-0.1, -0.05) is 6.08 Å². The van der Waals surface area contributed by atoms with Gasteiger partial charge < -0.3 is 5.73 Å². The fourth-order valence-corrected chi connectivity index (χ4v) is 0.212. The molecule has 0 aliphatic heterocycles. The van der Waals surface area contributed by atoms with E-state index in [4.69, 9.17) is 11.0 Å². The maximum Gasteiger partial charge on any atom is 0.254 e. The van der Waals surface area contributed by atoms with Gasteiger partial charge in [0.1, 0.15) is 6.07 Å². The molecule has 0 saturated heterocycles. The second-order valence-corrected chi connectivity index (χ2v) is 1.11. The molecule has 3 nitrogen and oxygen atoms in total. The molecule has 0 aliphatic carbocycles. The van der Waals surface area contributed by atoms with Crippen molar-refractivity contribution in [3.8, 4) is 6.07 Å². The van der Waals surface area contributed by atoms with Crippen molar-refractivity contribution >= 4 is 5.78 Å². The minimum Gasteiger partial charge on any atom is -0.327 e. The molecule has 0 aliphatic rings. The zero-order valence-electron chi connectivity index (χ0n) is 4.29. The summed E-state index contributed by atoms with van der Waals surface area (Å²) in [4.78, 5) is 10.1. The smallest absolute Gasteiger partial charge is 0.254 e. The largest absolute Gasteiger partial charge is 0.327 e. The van der Waals surface area contributed by atoms with E-state index in [-0.39, 0.29) is 0 Å². The lowest BCUT2D eigenvalue weighted by molar-refractivity contribution is -0.109. The monoisotopic (exact) mass is 110 g/mol. The lowest BCUT2D eigenvalue weighted by Crippen LogP contribution is -1.94. The Balaban J connectivity index is 3.58. The first kappa shape index (κ1) is 6.86. The van der Waals surface area contributed by atoms with Gasteiger partial charge >= 0.3 is 0 Å². The summed E-state index contributed by atoms with van der Waals surface area (Å²) in [6.45, 7) is 0.299. The second kappa shape index (κ2) is 4.03. The number of carbonyl (C=O) groups excluding carboxylic acids is 1. The number of hydrogen-bond acceptors (Lipinski definition) is 3. The zero-order chi connectivity index (χ0) is 6.41. The average molecular weight is 110 g/mol. The third-order valence-electron chi connectivity index (χ3n) is 0.516. The minimum absolute atomic E-state index is 0.299. The first-order valence-corrected chi connectivity index (χ1v) is 2.12. The molecule has 8 heavy (non-hydrogen) atoms. The van der Waals surface area contributed by atoms with Crippen LogP contribution in [0.15, 0.2) is 12.2 Å². The SMILES string of the molecule is N#CC(=O)/C=C/CN. The third-order valence-corrected chi connectivity index (χ3v) is 0.516. The van der Waals surface area contributed by atoms with E-state index in [1.54, 1.807) is 0 Å². The summed E-state index contributed by atoms with van der Waals surface area (Å²) in [5.74, 6) is -0.560. The molecule has 0 atom stereocenters. The van der Waals surface area contributed by atoms with Crippen molar-refractivity contribution < 1.29 is 4.79 Å². The lowest BCUT2D eigenvalue weighted by atomic mass is 10.4. The number of nitrogens with zero attached hydrogens (tertiary/aromatic N) is 1. The molecular formula is C5H6N2O. The molecule has 0 aromatic heterocycles. The summed E-state index contributed by atoms with van der Waals surface area (Å²) in [6, 6.07) is 1.42. The number of allylic oxidation sites excluding steroid dienone is 1. The van der Waals surface area contributed by atoms with E-state index in [1.165, 1.54) is 12.1 Å². The van der Waals surface area contributed by atoms with E-state index < -0.39 is 5.78 Å². The minimum atomic E-state index is -0.560. The zero-order valence-corrected chi connectivity index (χ0v) is 4.29. The van der Waals surface area contributed by atoms with Crippen LogP contribution in [-0.4, -0.2) is 12.3 Å². The normalized spacial score (nSPS) is 9.00. The van der Waals surface area contributed by atoms with Crippen LogP contribution in [0.1, 0.15) is 0 Å². The van der Waals surface area contributed by atoms with Crippen LogP contribution in [0.4, 0.5) is 0 Å². The average Bonchev–Trinajstić information content (AvgIpc) is 1.83. The molecule has 0 aromatic rings. The van der Waals surface area contributed by atoms with Crippen molar-refractivity contribution in [3.63, 3.8) is 0 Å². The fourth-order valence-electron chi connectivity index (χ4n) is 0.212. The van der Waals surface area contributed by atoms with Gasteiger partial charge in [0, 0.05) is 6.54 Å². The van der Waals surface area contributed by atoms with Crippen molar-refractivity contribution in [2.24, 2.45) is 5.73 Å². The number of carbonyl (C=O) groups is 1. The predicted octanol–water partition coefficient (Wildman–Crippen LogP) is -0.406. The summed E-state index contributed by atoms with van der Waals surface area (Å²) in [6.07, 6.45) is 2.59. The Morgan fingerprint density at radius 1 is 1.88 bits per heavy atom. The fraction of sp³-hybridized carbons (Fsp3) is 0.200.